The van der Waals surface area contributed by atoms with Crippen molar-refractivity contribution in [1.29, 1.82) is 0 Å². The Labute approximate surface area is 110 Å². The summed E-state index contributed by atoms with van der Waals surface area (Å²) >= 11 is 3.38. The van der Waals surface area contributed by atoms with Gasteiger partial charge in [0.2, 0.25) is 0 Å². The molecule has 0 radical (unpaired) electrons. The van der Waals surface area contributed by atoms with Crippen molar-refractivity contribution in [3.8, 4) is 0 Å². The standard InChI is InChI=1S/C13H18BrNO2/c1-13(2,12(16)17)7-8-15-9-10-3-5-11(14)6-4-10/h3-6,15H,7-9H2,1-2H3,(H,16,17). The molecule has 0 atom stereocenters. The molecule has 0 saturated carbocycles. The Morgan fingerprint density at radius 3 is 2.47 bits per heavy atom. The molecule has 0 heterocycles. The lowest BCUT2D eigenvalue weighted by Crippen LogP contribution is -2.28. The predicted octanol–water partition coefficient (Wildman–Crippen LogP) is 3.04. The van der Waals surface area contributed by atoms with Crippen LogP contribution in [0.1, 0.15) is 25.8 Å². The number of hydrogen-bond donors (Lipinski definition) is 2. The Bertz CT molecular complexity index is 374. The summed E-state index contributed by atoms with van der Waals surface area (Å²) in [5.74, 6) is -0.747. The molecule has 0 bridgehead atoms. The number of carboxylic acids is 1. The van der Waals surface area contributed by atoms with Gasteiger partial charge in [-0.25, -0.2) is 0 Å². The van der Waals surface area contributed by atoms with Crippen LogP contribution >= 0.6 is 15.9 Å². The first kappa shape index (κ1) is 14.2. The highest BCUT2D eigenvalue weighted by Crippen LogP contribution is 2.19. The molecule has 17 heavy (non-hydrogen) atoms. The molecule has 0 aliphatic heterocycles. The van der Waals surface area contributed by atoms with Gasteiger partial charge < -0.3 is 10.4 Å². The zero-order chi connectivity index (χ0) is 12.9. The fourth-order valence-electron chi connectivity index (χ4n) is 1.34. The largest absolute Gasteiger partial charge is 0.481 e. The van der Waals surface area contributed by atoms with Crippen LogP contribution < -0.4 is 5.32 Å². The van der Waals surface area contributed by atoms with E-state index in [1.807, 2.05) is 24.3 Å². The van der Waals surface area contributed by atoms with Gasteiger partial charge in [0.15, 0.2) is 0 Å². The molecule has 2 N–H and O–H groups in total. The first-order chi connectivity index (χ1) is 7.92. The molecule has 0 spiro atoms. The van der Waals surface area contributed by atoms with Crippen molar-refractivity contribution in [2.45, 2.75) is 26.8 Å². The molecule has 0 aromatic heterocycles. The molecule has 0 aliphatic rings. The van der Waals surface area contributed by atoms with Crippen LogP contribution in [0, 0.1) is 5.41 Å². The molecular weight excluding hydrogens is 282 g/mol. The summed E-state index contributed by atoms with van der Waals surface area (Å²) in [6.07, 6.45) is 0.624. The van der Waals surface area contributed by atoms with Crippen molar-refractivity contribution in [3.63, 3.8) is 0 Å². The molecule has 94 valence electrons. The molecule has 1 aromatic carbocycles. The smallest absolute Gasteiger partial charge is 0.309 e. The lowest BCUT2D eigenvalue weighted by molar-refractivity contribution is -0.147. The highest BCUT2D eigenvalue weighted by molar-refractivity contribution is 9.10. The minimum absolute atomic E-state index is 0.624. The van der Waals surface area contributed by atoms with E-state index in [9.17, 15) is 4.79 Å². The van der Waals surface area contributed by atoms with E-state index in [4.69, 9.17) is 5.11 Å². The molecule has 0 fully saturated rings. The van der Waals surface area contributed by atoms with Crippen molar-refractivity contribution in [2.75, 3.05) is 6.54 Å². The van der Waals surface area contributed by atoms with E-state index in [-0.39, 0.29) is 0 Å². The lowest BCUT2D eigenvalue weighted by atomic mass is 9.90. The molecular formula is C13H18BrNO2. The zero-order valence-corrected chi connectivity index (χ0v) is 11.8. The molecule has 0 saturated heterocycles. The third kappa shape index (κ3) is 4.88. The van der Waals surface area contributed by atoms with E-state index in [1.54, 1.807) is 13.8 Å². The summed E-state index contributed by atoms with van der Waals surface area (Å²) in [5, 5.41) is 12.2. The minimum Gasteiger partial charge on any atom is -0.481 e. The number of rotatable bonds is 6. The predicted molar refractivity (Wildman–Crippen MR) is 71.9 cm³/mol. The van der Waals surface area contributed by atoms with E-state index in [1.165, 1.54) is 5.56 Å². The van der Waals surface area contributed by atoms with Crippen molar-refractivity contribution >= 4 is 21.9 Å². The third-order valence-corrected chi connectivity index (χ3v) is 3.28. The molecule has 4 heteroatoms. The Hall–Kier alpha value is -0.870. The Morgan fingerprint density at radius 1 is 1.35 bits per heavy atom. The maximum absolute atomic E-state index is 10.9. The number of benzene rings is 1. The number of halogens is 1. The highest BCUT2D eigenvalue weighted by Gasteiger charge is 2.25. The van der Waals surface area contributed by atoms with Crippen molar-refractivity contribution in [2.24, 2.45) is 5.41 Å². The van der Waals surface area contributed by atoms with Crippen LogP contribution in [0.2, 0.25) is 0 Å². The summed E-state index contributed by atoms with van der Waals surface area (Å²) in [6.45, 7) is 4.96. The molecule has 3 nitrogen and oxygen atoms in total. The molecule has 1 aromatic rings. The number of carboxylic acid groups (broad SMARTS) is 1. The molecule has 0 unspecified atom stereocenters. The Morgan fingerprint density at radius 2 is 1.94 bits per heavy atom. The van der Waals surface area contributed by atoms with Crippen molar-refractivity contribution in [1.82, 2.24) is 5.32 Å². The maximum Gasteiger partial charge on any atom is 0.309 e. The van der Waals surface area contributed by atoms with Gasteiger partial charge in [0.25, 0.3) is 0 Å². The average Bonchev–Trinajstić information content (AvgIpc) is 2.26. The van der Waals surface area contributed by atoms with Crippen molar-refractivity contribution in [3.05, 3.63) is 34.3 Å². The number of nitrogens with one attached hydrogen (secondary N) is 1. The van der Waals surface area contributed by atoms with Crippen LogP contribution in [0.5, 0.6) is 0 Å². The molecule has 0 amide bonds. The van der Waals surface area contributed by atoms with Gasteiger partial charge >= 0.3 is 5.97 Å². The highest BCUT2D eigenvalue weighted by atomic mass is 79.9. The normalized spacial score (nSPS) is 11.5. The minimum atomic E-state index is -0.747. The SMILES string of the molecule is CC(C)(CCNCc1ccc(Br)cc1)C(=O)O. The lowest BCUT2D eigenvalue weighted by Gasteiger charge is -2.18. The second-order valence-electron chi connectivity index (χ2n) is 4.74. The van der Waals surface area contributed by atoms with Crippen LogP contribution in [-0.4, -0.2) is 17.6 Å². The summed E-state index contributed by atoms with van der Waals surface area (Å²) in [6, 6.07) is 8.08. The fraction of sp³-hybridized carbons (Fsp3) is 0.462. The summed E-state index contributed by atoms with van der Waals surface area (Å²) in [4.78, 5) is 10.9. The second kappa shape index (κ2) is 6.17. The van der Waals surface area contributed by atoms with E-state index in [2.05, 4.69) is 21.2 Å². The van der Waals surface area contributed by atoms with Crippen LogP contribution in [0.3, 0.4) is 0 Å². The summed E-state index contributed by atoms with van der Waals surface area (Å²) in [5.41, 5.74) is 0.536. The Kier molecular flexibility index (Phi) is 5.15. The second-order valence-corrected chi connectivity index (χ2v) is 5.66. The zero-order valence-electron chi connectivity index (χ0n) is 10.2. The van der Waals surface area contributed by atoms with Gasteiger partial charge in [-0.2, -0.15) is 0 Å². The van der Waals surface area contributed by atoms with Gasteiger partial charge in [-0.1, -0.05) is 28.1 Å². The van der Waals surface area contributed by atoms with E-state index in [0.29, 0.717) is 13.0 Å². The number of hydrogen-bond acceptors (Lipinski definition) is 2. The van der Waals surface area contributed by atoms with Gasteiger partial charge in [-0.05, 0) is 44.5 Å². The van der Waals surface area contributed by atoms with Crippen LogP contribution in [0.15, 0.2) is 28.7 Å². The van der Waals surface area contributed by atoms with Gasteiger partial charge in [0.1, 0.15) is 0 Å². The number of carbonyl (C=O) groups is 1. The van der Waals surface area contributed by atoms with Crippen molar-refractivity contribution < 1.29 is 9.90 Å². The molecule has 0 aliphatic carbocycles. The van der Waals surface area contributed by atoms with Gasteiger partial charge in [-0.3, -0.25) is 4.79 Å². The van der Waals surface area contributed by atoms with Gasteiger partial charge in [0, 0.05) is 11.0 Å². The summed E-state index contributed by atoms with van der Waals surface area (Å²) < 4.78 is 1.06. The topological polar surface area (TPSA) is 49.3 Å². The van der Waals surface area contributed by atoms with Gasteiger partial charge in [0.05, 0.1) is 5.41 Å². The van der Waals surface area contributed by atoms with E-state index < -0.39 is 11.4 Å². The molecule has 1 rings (SSSR count). The first-order valence-corrected chi connectivity index (χ1v) is 6.40. The number of aliphatic carboxylic acids is 1. The summed E-state index contributed by atoms with van der Waals surface area (Å²) in [7, 11) is 0. The third-order valence-electron chi connectivity index (χ3n) is 2.75. The van der Waals surface area contributed by atoms with Crippen LogP contribution in [-0.2, 0) is 11.3 Å². The van der Waals surface area contributed by atoms with Crippen LogP contribution in [0.25, 0.3) is 0 Å². The van der Waals surface area contributed by atoms with E-state index >= 15 is 0 Å². The first-order valence-electron chi connectivity index (χ1n) is 5.60. The van der Waals surface area contributed by atoms with E-state index in [0.717, 1.165) is 11.0 Å². The maximum atomic E-state index is 10.9. The van der Waals surface area contributed by atoms with Crippen LogP contribution in [0.4, 0.5) is 0 Å². The van der Waals surface area contributed by atoms with Gasteiger partial charge in [-0.15, -0.1) is 0 Å². The Balaban J connectivity index is 2.29. The monoisotopic (exact) mass is 299 g/mol. The quantitative estimate of drug-likeness (QED) is 0.794. The fourth-order valence-corrected chi connectivity index (χ4v) is 1.61. The average molecular weight is 300 g/mol.